The van der Waals surface area contributed by atoms with Crippen LogP contribution in [0.25, 0.3) is 0 Å². The van der Waals surface area contributed by atoms with Crippen LogP contribution in [-0.2, 0) is 11.2 Å². The number of carbonyl (C=O) groups is 1. The fourth-order valence-corrected chi connectivity index (χ4v) is 3.53. The van der Waals surface area contributed by atoms with Crippen molar-refractivity contribution in [1.82, 2.24) is 4.98 Å². The molecule has 0 aliphatic heterocycles. The number of thiophene rings is 1. The number of amides is 1. The van der Waals surface area contributed by atoms with Crippen LogP contribution >= 0.6 is 22.7 Å². The highest BCUT2D eigenvalue weighted by molar-refractivity contribution is 7.14. The Morgan fingerprint density at radius 1 is 1.42 bits per heavy atom. The summed E-state index contributed by atoms with van der Waals surface area (Å²) in [5.41, 5.74) is 1.15. The standard InChI is InChI=1S/C14H16N2OS2/c17-13(5-1-3-11-4-2-8-18-11)16-14-15-12(9-19-14)10-6-7-10/h2,4,8-10H,1,3,5-7H2,(H,15,16,17). The lowest BCUT2D eigenvalue weighted by atomic mass is 10.2. The number of nitrogens with zero attached hydrogens (tertiary/aromatic N) is 1. The first-order chi connectivity index (χ1) is 9.31. The number of aryl methyl sites for hydroxylation is 1. The van der Waals surface area contributed by atoms with E-state index in [0.717, 1.165) is 23.7 Å². The number of carbonyl (C=O) groups excluding carboxylic acids is 1. The van der Waals surface area contributed by atoms with Crippen molar-refractivity contribution in [3.05, 3.63) is 33.5 Å². The van der Waals surface area contributed by atoms with Gasteiger partial charge in [0.25, 0.3) is 0 Å². The Morgan fingerprint density at radius 2 is 2.32 bits per heavy atom. The van der Waals surface area contributed by atoms with Crippen LogP contribution in [0.3, 0.4) is 0 Å². The molecule has 1 fully saturated rings. The van der Waals surface area contributed by atoms with Crippen molar-refractivity contribution in [1.29, 1.82) is 0 Å². The third-order valence-electron chi connectivity index (χ3n) is 3.17. The van der Waals surface area contributed by atoms with Crippen molar-refractivity contribution < 1.29 is 4.79 Å². The molecule has 0 radical (unpaired) electrons. The van der Waals surface area contributed by atoms with E-state index >= 15 is 0 Å². The van der Waals surface area contributed by atoms with Gasteiger partial charge in [-0.05, 0) is 37.1 Å². The van der Waals surface area contributed by atoms with E-state index < -0.39 is 0 Å². The van der Waals surface area contributed by atoms with Gasteiger partial charge in [0, 0.05) is 22.6 Å². The Kier molecular flexibility index (Phi) is 3.94. The topological polar surface area (TPSA) is 42.0 Å². The summed E-state index contributed by atoms with van der Waals surface area (Å²) in [6, 6.07) is 4.17. The minimum atomic E-state index is 0.0771. The second-order valence-electron chi connectivity index (χ2n) is 4.83. The zero-order valence-electron chi connectivity index (χ0n) is 10.6. The number of hydrogen-bond acceptors (Lipinski definition) is 4. The van der Waals surface area contributed by atoms with E-state index in [4.69, 9.17) is 0 Å². The normalized spacial score (nSPS) is 14.5. The highest BCUT2D eigenvalue weighted by atomic mass is 32.1. The molecule has 0 saturated heterocycles. The van der Waals surface area contributed by atoms with Gasteiger partial charge in [-0.25, -0.2) is 4.98 Å². The van der Waals surface area contributed by atoms with Gasteiger partial charge in [0.15, 0.2) is 5.13 Å². The van der Waals surface area contributed by atoms with E-state index in [1.165, 1.54) is 29.1 Å². The van der Waals surface area contributed by atoms with Gasteiger partial charge in [-0.15, -0.1) is 22.7 Å². The Labute approximate surface area is 120 Å². The molecule has 0 spiro atoms. The van der Waals surface area contributed by atoms with Crippen molar-refractivity contribution in [3.8, 4) is 0 Å². The van der Waals surface area contributed by atoms with Crippen LogP contribution < -0.4 is 5.32 Å². The van der Waals surface area contributed by atoms with Crippen LogP contribution in [-0.4, -0.2) is 10.9 Å². The van der Waals surface area contributed by atoms with E-state index in [-0.39, 0.29) is 5.91 Å². The first kappa shape index (κ1) is 12.8. The van der Waals surface area contributed by atoms with Gasteiger partial charge < -0.3 is 5.32 Å². The lowest BCUT2D eigenvalue weighted by Gasteiger charge is -2.00. The minimum Gasteiger partial charge on any atom is -0.302 e. The van der Waals surface area contributed by atoms with Gasteiger partial charge in [0.1, 0.15) is 0 Å². The zero-order chi connectivity index (χ0) is 13.1. The maximum absolute atomic E-state index is 11.8. The van der Waals surface area contributed by atoms with Crippen molar-refractivity contribution in [3.63, 3.8) is 0 Å². The first-order valence-electron chi connectivity index (χ1n) is 6.59. The molecule has 3 rings (SSSR count). The van der Waals surface area contributed by atoms with E-state index in [0.29, 0.717) is 12.3 Å². The molecule has 0 unspecified atom stereocenters. The molecule has 1 aliphatic carbocycles. The molecule has 0 aromatic carbocycles. The number of aromatic nitrogens is 1. The monoisotopic (exact) mass is 292 g/mol. The Morgan fingerprint density at radius 3 is 3.05 bits per heavy atom. The lowest BCUT2D eigenvalue weighted by molar-refractivity contribution is -0.116. The summed E-state index contributed by atoms with van der Waals surface area (Å²) < 4.78 is 0. The Bertz CT molecular complexity index is 544. The smallest absolute Gasteiger partial charge is 0.226 e. The van der Waals surface area contributed by atoms with Crippen LogP contribution in [0.15, 0.2) is 22.9 Å². The molecule has 5 heteroatoms. The molecule has 1 amide bonds. The van der Waals surface area contributed by atoms with Gasteiger partial charge in [0.2, 0.25) is 5.91 Å². The third kappa shape index (κ3) is 3.64. The van der Waals surface area contributed by atoms with Crippen LogP contribution in [0.1, 0.15) is 42.2 Å². The molecule has 100 valence electrons. The van der Waals surface area contributed by atoms with Crippen LogP contribution in [0.5, 0.6) is 0 Å². The van der Waals surface area contributed by atoms with Gasteiger partial charge in [-0.2, -0.15) is 0 Å². The number of anilines is 1. The molecule has 19 heavy (non-hydrogen) atoms. The van der Waals surface area contributed by atoms with Crippen LogP contribution in [0, 0.1) is 0 Å². The summed E-state index contributed by atoms with van der Waals surface area (Å²) in [7, 11) is 0. The second-order valence-corrected chi connectivity index (χ2v) is 6.72. The fraction of sp³-hybridized carbons (Fsp3) is 0.429. The van der Waals surface area contributed by atoms with E-state index in [2.05, 4.69) is 33.2 Å². The first-order valence-corrected chi connectivity index (χ1v) is 8.35. The molecule has 1 N–H and O–H groups in total. The van der Waals surface area contributed by atoms with Gasteiger partial charge in [-0.3, -0.25) is 4.79 Å². The lowest BCUT2D eigenvalue weighted by Crippen LogP contribution is -2.11. The Balaban J connectivity index is 1.42. The quantitative estimate of drug-likeness (QED) is 0.873. The van der Waals surface area contributed by atoms with E-state index in [1.807, 2.05) is 0 Å². The molecule has 2 aromatic heterocycles. The zero-order valence-corrected chi connectivity index (χ0v) is 12.2. The summed E-state index contributed by atoms with van der Waals surface area (Å²) in [6.07, 6.45) is 4.94. The number of thiazole rings is 1. The Hall–Kier alpha value is -1.20. The van der Waals surface area contributed by atoms with Crippen molar-refractivity contribution in [2.75, 3.05) is 5.32 Å². The van der Waals surface area contributed by atoms with E-state index in [1.54, 1.807) is 11.3 Å². The van der Waals surface area contributed by atoms with Crippen LogP contribution in [0.4, 0.5) is 5.13 Å². The number of hydrogen-bond donors (Lipinski definition) is 1. The molecule has 2 heterocycles. The molecular weight excluding hydrogens is 276 g/mol. The number of rotatable bonds is 6. The average molecular weight is 292 g/mol. The summed E-state index contributed by atoms with van der Waals surface area (Å²) in [4.78, 5) is 17.6. The molecule has 3 nitrogen and oxygen atoms in total. The summed E-state index contributed by atoms with van der Waals surface area (Å²) >= 11 is 3.29. The van der Waals surface area contributed by atoms with Gasteiger partial charge >= 0.3 is 0 Å². The number of nitrogens with one attached hydrogen (secondary N) is 1. The molecular formula is C14H16N2OS2. The maximum atomic E-state index is 11.8. The van der Waals surface area contributed by atoms with E-state index in [9.17, 15) is 4.79 Å². The molecule has 1 saturated carbocycles. The highest BCUT2D eigenvalue weighted by Gasteiger charge is 2.26. The maximum Gasteiger partial charge on any atom is 0.226 e. The molecule has 0 atom stereocenters. The average Bonchev–Trinajstić information content (AvgIpc) is 2.92. The SMILES string of the molecule is O=C(CCCc1cccs1)Nc1nc(C2CC2)cs1. The summed E-state index contributed by atoms with van der Waals surface area (Å²) in [5, 5.41) is 7.79. The molecule has 1 aliphatic rings. The molecule has 0 bridgehead atoms. The molecule has 2 aromatic rings. The highest BCUT2D eigenvalue weighted by Crippen LogP contribution is 2.40. The third-order valence-corrected chi connectivity index (χ3v) is 4.88. The second kappa shape index (κ2) is 5.84. The van der Waals surface area contributed by atoms with Crippen LogP contribution in [0.2, 0.25) is 0 Å². The summed E-state index contributed by atoms with van der Waals surface area (Å²) in [6.45, 7) is 0. The van der Waals surface area contributed by atoms with Gasteiger partial charge in [0.05, 0.1) is 5.69 Å². The summed E-state index contributed by atoms with van der Waals surface area (Å²) in [5.74, 6) is 0.731. The van der Waals surface area contributed by atoms with Crippen molar-refractivity contribution in [2.45, 2.75) is 38.0 Å². The minimum absolute atomic E-state index is 0.0771. The largest absolute Gasteiger partial charge is 0.302 e. The fourth-order valence-electron chi connectivity index (χ4n) is 1.97. The predicted molar refractivity (Wildman–Crippen MR) is 80.0 cm³/mol. The predicted octanol–water partition coefficient (Wildman–Crippen LogP) is 4.04. The van der Waals surface area contributed by atoms with Crippen molar-refractivity contribution >= 4 is 33.7 Å². The van der Waals surface area contributed by atoms with Crippen molar-refractivity contribution in [2.24, 2.45) is 0 Å². The van der Waals surface area contributed by atoms with Gasteiger partial charge in [-0.1, -0.05) is 6.07 Å².